The summed E-state index contributed by atoms with van der Waals surface area (Å²) in [4.78, 5) is 7.77. The summed E-state index contributed by atoms with van der Waals surface area (Å²) < 4.78 is 0. The molecule has 5 rings (SSSR count). The number of aromatic amines is 1. The normalized spacial score (nSPS) is 10.9. The SMILES string of the molecule is N#Cc1cc(-c2cccc(-c3c[nH]c4ccccc34)c2)c2ccccc2n1. The second-order valence-corrected chi connectivity index (χ2v) is 6.51. The Hall–Kier alpha value is -3.90. The van der Waals surface area contributed by atoms with Crippen molar-refractivity contribution in [2.45, 2.75) is 0 Å². The Labute approximate surface area is 156 Å². The van der Waals surface area contributed by atoms with Gasteiger partial charge in [-0.15, -0.1) is 0 Å². The molecule has 0 atom stereocenters. The van der Waals surface area contributed by atoms with Gasteiger partial charge in [0.25, 0.3) is 0 Å². The van der Waals surface area contributed by atoms with Crippen LogP contribution in [0, 0.1) is 11.3 Å². The van der Waals surface area contributed by atoms with E-state index < -0.39 is 0 Å². The van der Waals surface area contributed by atoms with Crippen molar-refractivity contribution in [2.24, 2.45) is 0 Å². The number of para-hydroxylation sites is 2. The van der Waals surface area contributed by atoms with Crippen molar-refractivity contribution in [1.82, 2.24) is 9.97 Å². The van der Waals surface area contributed by atoms with Crippen molar-refractivity contribution in [2.75, 3.05) is 0 Å². The van der Waals surface area contributed by atoms with E-state index in [4.69, 9.17) is 0 Å². The molecular formula is C24H15N3. The van der Waals surface area contributed by atoms with Crippen LogP contribution in [0.15, 0.2) is 85.1 Å². The lowest BCUT2D eigenvalue weighted by atomic mass is 9.96. The first kappa shape index (κ1) is 15.4. The van der Waals surface area contributed by atoms with E-state index in [1.807, 2.05) is 30.3 Å². The van der Waals surface area contributed by atoms with Gasteiger partial charge in [0.05, 0.1) is 5.52 Å². The predicted octanol–water partition coefficient (Wildman–Crippen LogP) is 5.92. The van der Waals surface area contributed by atoms with Crippen molar-refractivity contribution in [3.05, 3.63) is 90.8 Å². The number of nitrogens with one attached hydrogen (secondary N) is 1. The topological polar surface area (TPSA) is 52.5 Å². The highest BCUT2D eigenvalue weighted by atomic mass is 14.7. The van der Waals surface area contributed by atoms with Gasteiger partial charge in [0.1, 0.15) is 11.8 Å². The third kappa shape index (κ3) is 2.56. The zero-order valence-electron chi connectivity index (χ0n) is 14.5. The highest BCUT2D eigenvalue weighted by molar-refractivity contribution is 5.98. The van der Waals surface area contributed by atoms with E-state index in [2.05, 4.69) is 70.8 Å². The lowest BCUT2D eigenvalue weighted by Crippen LogP contribution is -1.89. The van der Waals surface area contributed by atoms with Gasteiger partial charge in [-0.05, 0) is 41.0 Å². The Morgan fingerprint density at radius 1 is 0.741 bits per heavy atom. The number of rotatable bonds is 2. The number of pyridine rings is 1. The maximum Gasteiger partial charge on any atom is 0.141 e. The molecule has 0 fully saturated rings. The highest BCUT2D eigenvalue weighted by Crippen LogP contribution is 2.34. The number of hydrogen-bond acceptors (Lipinski definition) is 2. The van der Waals surface area contributed by atoms with Gasteiger partial charge >= 0.3 is 0 Å². The Kier molecular flexibility index (Phi) is 3.48. The van der Waals surface area contributed by atoms with E-state index in [9.17, 15) is 5.26 Å². The second kappa shape index (κ2) is 6.12. The molecule has 0 aliphatic carbocycles. The summed E-state index contributed by atoms with van der Waals surface area (Å²) in [6, 6.07) is 28.7. The molecule has 0 amide bonds. The van der Waals surface area contributed by atoms with Crippen LogP contribution in [0.3, 0.4) is 0 Å². The number of hydrogen-bond donors (Lipinski definition) is 1. The molecule has 0 saturated carbocycles. The van der Waals surface area contributed by atoms with Crippen LogP contribution >= 0.6 is 0 Å². The van der Waals surface area contributed by atoms with Crippen LogP contribution in [0.2, 0.25) is 0 Å². The number of benzene rings is 3. The van der Waals surface area contributed by atoms with Crippen LogP contribution in [-0.2, 0) is 0 Å². The molecule has 2 heterocycles. The molecule has 3 nitrogen and oxygen atoms in total. The lowest BCUT2D eigenvalue weighted by Gasteiger charge is -2.09. The number of nitrogens with zero attached hydrogens (tertiary/aromatic N) is 2. The van der Waals surface area contributed by atoms with Crippen molar-refractivity contribution in [3.8, 4) is 28.3 Å². The predicted molar refractivity (Wildman–Crippen MR) is 109 cm³/mol. The van der Waals surface area contributed by atoms with Gasteiger partial charge in [0, 0.05) is 28.0 Å². The molecule has 0 spiro atoms. The molecule has 0 unspecified atom stereocenters. The van der Waals surface area contributed by atoms with Crippen LogP contribution in [-0.4, -0.2) is 9.97 Å². The van der Waals surface area contributed by atoms with Gasteiger partial charge in [0.2, 0.25) is 0 Å². The van der Waals surface area contributed by atoms with Crippen molar-refractivity contribution >= 4 is 21.8 Å². The van der Waals surface area contributed by atoms with Gasteiger partial charge in [0.15, 0.2) is 0 Å². The van der Waals surface area contributed by atoms with Gasteiger partial charge in [-0.2, -0.15) is 5.26 Å². The molecule has 5 aromatic rings. The smallest absolute Gasteiger partial charge is 0.141 e. The maximum absolute atomic E-state index is 9.37. The highest BCUT2D eigenvalue weighted by Gasteiger charge is 2.10. The fraction of sp³-hybridized carbons (Fsp3) is 0. The summed E-state index contributed by atoms with van der Waals surface area (Å²) in [5.41, 5.74) is 6.81. The van der Waals surface area contributed by atoms with E-state index in [0.29, 0.717) is 5.69 Å². The van der Waals surface area contributed by atoms with Crippen LogP contribution in [0.4, 0.5) is 0 Å². The van der Waals surface area contributed by atoms with Gasteiger partial charge < -0.3 is 4.98 Å². The summed E-state index contributed by atoms with van der Waals surface area (Å²) in [5, 5.41) is 11.6. The molecule has 0 bridgehead atoms. The molecule has 0 aliphatic heterocycles. The Morgan fingerprint density at radius 2 is 1.48 bits per heavy atom. The van der Waals surface area contributed by atoms with Crippen LogP contribution < -0.4 is 0 Å². The molecule has 1 N–H and O–H groups in total. The first-order chi connectivity index (χ1) is 13.3. The summed E-state index contributed by atoms with van der Waals surface area (Å²) in [6.07, 6.45) is 2.05. The average Bonchev–Trinajstić information content (AvgIpc) is 3.17. The van der Waals surface area contributed by atoms with Crippen molar-refractivity contribution in [1.29, 1.82) is 5.26 Å². The molecule has 0 aliphatic rings. The fourth-order valence-corrected chi connectivity index (χ4v) is 3.64. The molecule has 0 radical (unpaired) electrons. The van der Waals surface area contributed by atoms with E-state index in [1.54, 1.807) is 0 Å². The number of aromatic nitrogens is 2. The molecule has 2 aromatic heterocycles. The summed E-state index contributed by atoms with van der Waals surface area (Å²) in [5.74, 6) is 0. The third-order valence-corrected chi connectivity index (χ3v) is 4.90. The minimum absolute atomic E-state index is 0.432. The zero-order chi connectivity index (χ0) is 18.2. The van der Waals surface area contributed by atoms with Crippen molar-refractivity contribution < 1.29 is 0 Å². The molecule has 0 saturated heterocycles. The van der Waals surface area contributed by atoms with E-state index in [-0.39, 0.29) is 0 Å². The van der Waals surface area contributed by atoms with Gasteiger partial charge in [-0.1, -0.05) is 54.6 Å². The zero-order valence-corrected chi connectivity index (χ0v) is 14.5. The quantitative estimate of drug-likeness (QED) is 0.431. The van der Waals surface area contributed by atoms with Crippen LogP contribution in [0.25, 0.3) is 44.1 Å². The van der Waals surface area contributed by atoms with Crippen LogP contribution in [0.1, 0.15) is 5.69 Å². The summed E-state index contributed by atoms with van der Waals surface area (Å²) in [7, 11) is 0. The Morgan fingerprint density at radius 3 is 2.33 bits per heavy atom. The van der Waals surface area contributed by atoms with Crippen molar-refractivity contribution in [3.63, 3.8) is 0 Å². The molecule has 27 heavy (non-hydrogen) atoms. The molecule has 126 valence electrons. The maximum atomic E-state index is 9.37. The number of fused-ring (bicyclic) bond motifs is 2. The Balaban J connectivity index is 1.73. The Bertz CT molecular complexity index is 1340. The summed E-state index contributed by atoms with van der Waals surface area (Å²) in [6.45, 7) is 0. The molecule has 3 heteroatoms. The average molecular weight is 345 g/mol. The molecular weight excluding hydrogens is 330 g/mol. The largest absolute Gasteiger partial charge is 0.361 e. The van der Waals surface area contributed by atoms with Crippen LogP contribution in [0.5, 0.6) is 0 Å². The fourth-order valence-electron chi connectivity index (χ4n) is 3.64. The van der Waals surface area contributed by atoms with E-state index in [1.165, 1.54) is 10.9 Å². The first-order valence-corrected chi connectivity index (χ1v) is 8.80. The third-order valence-electron chi connectivity index (χ3n) is 4.90. The first-order valence-electron chi connectivity index (χ1n) is 8.80. The standard InChI is InChI=1S/C24H15N3/c25-14-18-13-21(19-8-2-4-11-24(19)27-18)16-6-5-7-17(12-16)22-15-26-23-10-3-1-9-20(22)23/h1-13,15,26H. The van der Waals surface area contributed by atoms with E-state index in [0.717, 1.165) is 33.1 Å². The minimum atomic E-state index is 0.432. The lowest BCUT2D eigenvalue weighted by molar-refractivity contribution is 1.32. The minimum Gasteiger partial charge on any atom is -0.361 e. The number of nitriles is 1. The molecule has 3 aromatic carbocycles. The second-order valence-electron chi connectivity index (χ2n) is 6.51. The number of H-pyrrole nitrogens is 1. The van der Waals surface area contributed by atoms with Gasteiger partial charge in [-0.25, -0.2) is 4.98 Å². The monoisotopic (exact) mass is 345 g/mol. The van der Waals surface area contributed by atoms with E-state index >= 15 is 0 Å². The summed E-state index contributed by atoms with van der Waals surface area (Å²) >= 11 is 0. The van der Waals surface area contributed by atoms with Gasteiger partial charge in [-0.3, -0.25) is 0 Å².